The smallest absolute Gasteiger partial charge is 0.137 e. The predicted molar refractivity (Wildman–Crippen MR) is 107 cm³/mol. The minimum Gasteiger partial charge on any atom is -0.491 e. The molecule has 4 N–H and O–H groups in total. The molecule has 0 spiro atoms. The molecule has 0 saturated heterocycles. The minimum absolute atomic E-state index is 0.175. The van der Waals surface area contributed by atoms with E-state index >= 15 is 0 Å². The molecule has 7 heteroatoms. The fourth-order valence-corrected chi connectivity index (χ4v) is 2.65. The first-order valence-corrected chi connectivity index (χ1v) is 9.56. The second-order valence-corrected chi connectivity index (χ2v) is 7.33. The molecule has 0 heterocycles. The van der Waals surface area contributed by atoms with E-state index in [4.69, 9.17) is 32.7 Å². The third-order valence-corrected chi connectivity index (χ3v) is 4.87. The molecule has 27 heavy (non-hydrogen) atoms. The normalized spacial score (nSPS) is 13.3. The van der Waals surface area contributed by atoms with Gasteiger partial charge in [0, 0.05) is 10.0 Å². The molecular weight excluding hydrogens is 389 g/mol. The molecule has 0 fully saturated rings. The average molecular weight is 415 g/mol. The van der Waals surface area contributed by atoms with Gasteiger partial charge >= 0.3 is 0 Å². The highest BCUT2D eigenvalue weighted by Crippen LogP contribution is 2.21. The molecule has 0 aromatic heterocycles. The molecule has 5 nitrogen and oxygen atoms in total. The summed E-state index contributed by atoms with van der Waals surface area (Å²) in [5.41, 5.74) is 1.85. The number of aryl methyl sites for hydroxylation is 2. The van der Waals surface area contributed by atoms with E-state index in [1.807, 2.05) is 31.3 Å². The summed E-state index contributed by atoms with van der Waals surface area (Å²) in [6, 6.07) is 10.7. The number of nitrogens with two attached hydrogens (primary N) is 1. The maximum atomic E-state index is 10.0. The summed E-state index contributed by atoms with van der Waals surface area (Å²) in [4.78, 5) is 0. The summed E-state index contributed by atoms with van der Waals surface area (Å²) >= 11 is 11.9. The minimum atomic E-state index is -0.645. The van der Waals surface area contributed by atoms with Crippen molar-refractivity contribution in [3.63, 3.8) is 0 Å². The van der Waals surface area contributed by atoms with Crippen molar-refractivity contribution in [2.45, 2.75) is 26.1 Å². The van der Waals surface area contributed by atoms with Crippen molar-refractivity contribution in [2.75, 3.05) is 26.3 Å². The van der Waals surface area contributed by atoms with Crippen LogP contribution in [0.5, 0.6) is 11.5 Å². The summed E-state index contributed by atoms with van der Waals surface area (Å²) < 4.78 is 11.1. The Balaban J connectivity index is 1.62. The van der Waals surface area contributed by atoms with E-state index < -0.39 is 12.2 Å². The molecule has 2 aromatic rings. The topological polar surface area (TPSA) is 75.5 Å². The Bertz CT molecular complexity index is 680. The van der Waals surface area contributed by atoms with Crippen molar-refractivity contribution in [1.29, 1.82) is 0 Å². The Morgan fingerprint density at radius 1 is 0.815 bits per heavy atom. The van der Waals surface area contributed by atoms with E-state index in [9.17, 15) is 10.2 Å². The van der Waals surface area contributed by atoms with Gasteiger partial charge in [0.2, 0.25) is 0 Å². The SMILES string of the molecule is Cc1cc(OC[C@@H](O)C[NH2+]C[C@H](O)COc2ccc(Cl)c(C)c2)ccc1Cl. The molecule has 2 aromatic carbocycles. The van der Waals surface area contributed by atoms with Crippen LogP contribution in [0.25, 0.3) is 0 Å². The van der Waals surface area contributed by atoms with Gasteiger partial charge in [-0.05, 0) is 61.4 Å². The highest BCUT2D eigenvalue weighted by molar-refractivity contribution is 6.31. The van der Waals surface area contributed by atoms with Gasteiger partial charge < -0.3 is 25.0 Å². The molecule has 2 rings (SSSR count). The van der Waals surface area contributed by atoms with Gasteiger partial charge in [-0.3, -0.25) is 0 Å². The van der Waals surface area contributed by atoms with Gasteiger partial charge in [-0.15, -0.1) is 0 Å². The molecule has 148 valence electrons. The van der Waals surface area contributed by atoms with Crippen LogP contribution in [0, 0.1) is 13.8 Å². The largest absolute Gasteiger partial charge is 0.491 e. The van der Waals surface area contributed by atoms with Crippen molar-refractivity contribution < 1.29 is 25.0 Å². The Labute approximate surface area is 169 Å². The zero-order valence-electron chi connectivity index (χ0n) is 15.5. The Kier molecular flexibility index (Phi) is 8.67. The van der Waals surface area contributed by atoms with Crippen LogP contribution in [-0.2, 0) is 0 Å². The van der Waals surface area contributed by atoms with Crippen molar-refractivity contribution in [1.82, 2.24) is 0 Å². The van der Waals surface area contributed by atoms with Crippen molar-refractivity contribution in [2.24, 2.45) is 0 Å². The number of hydrogen-bond donors (Lipinski definition) is 3. The van der Waals surface area contributed by atoms with Gasteiger partial charge in [-0.25, -0.2) is 0 Å². The number of aliphatic hydroxyl groups excluding tert-OH is 2. The maximum Gasteiger partial charge on any atom is 0.137 e. The van der Waals surface area contributed by atoms with Crippen LogP contribution in [-0.4, -0.2) is 48.7 Å². The molecule has 0 unspecified atom stereocenters. The third kappa shape index (κ3) is 7.56. The number of hydrogen-bond acceptors (Lipinski definition) is 4. The first-order valence-electron chi connectivity index (χ1n) is 8.81. The van der Waals surface area contributed by atoms with E-state index in [1.54, 1.807) is 24.3 Å². The van der Waals surface area contributed by atoms with Crippen LogP contribution in [0.15, 0.2) is 36.4 Å². The molecule has 0 bridgehead atoms. The summed E-state index contributed by atoms with van der Waals surface area (Å²) in [5.74, 6) is 1.34. The highest BCUT2D eigenvalue weighted by atomic mass is 35.5. The van der Waals surface area contributed by atoms with E-state index in [2.05, 4.69) is 0 Å². The average Bonchev–Trinajstić information content (AvgIpc) is 2.63. The lowest BCUT2D eigenvalue weighted by Gasteiger charge is -2.15. The lowest BCUT2D eigenvalue weighted by Crippen LogP contribution is -2.88. The molecular formula is C20H26Cl2NO4+. The van der Waals surface area contributed by atoms with Crippen molar-refractivity contribution >= 4 is 23.2 Å². The second kappa shape index (κ2) is 10.7. The van der Waals surface area contributed by atoms with Gasteiger partial charge in [0.1, 0.15) is 50.0 Å². The summed E-state index contributed by atoms with van der Waals surface area (Å²) in [6.07, 6.45) is -1.29. The first-order chi connectivity index (χ1) is 12.8. The number of rotatable bonds is 10. The quantitative estimate of drug-likeness (QED) is 0.557. The Morgan fingerprint density at radius 3 is 1.59 bits per heavy atom. The summed E-state index contributed by atoms with van der Waals surface area (Å²) in [6.45, 7) is 4.98. The fourth-order valence-electron chi connectivity index (χ4n) is 2.42. The zero-order valence-corrected chi connectivity index (χ0v) is 17.0. The van der Waals surface area contributed by atoms with Gasteiger partial charge in [0.25, 0.3) is 0 Å². The van der Waals surface area contributed by atoms with Gasteiger partial charge in [0.05, 0.1) is 0 Å². The van der Waals surface area contributed by atoms with E-state index in [0.717, 1.165) is 11.1 Å². The Morgan fingerprint density at radius 2 is 1.22 bits per heavy atom. The Hall–Kier alpha value is -1.50. The van der Waals surface area contributed by atoms with Crippen molar-refractivity contribution in [3.05, 3.63) is 57.6 Å². The lowest BCUT2D eigenvalue weighted by molar-refractivity contribution is -0.667. The van der Waals surface area contributed by atoms with E-state index in [1.165, 1.54) is 0 Å². The molecule has 2 atom stereocenters. The third-order valence-electron chi connectivity index (χ3n) is 4.02. The van der Waals surface area contributed by atoms with Gasteiger partial charge in [-0.2, -0.15) is 0 Å². The number of quaternary nitrogens is 1. The van der Waals surface area contributed by atoms with Crippen LogP contribution in [0.1, 0.15) is 11.1 Å². The standard InChI is InChI=1S/C20H25Cl2NO4/c1-13-7-17(3-5-19(13)21)26-11-15(24)9-23-10-16(25)12-27-18-4-6-20(22)14(2)8-18/h3-8,15-16,23-25H,9-12H2,1-2H3/p+1/t15-,16-/m0/s1. The number of aliphatic hydroxyl groups is 2. The molecule has 0 aliphatic carbocycles. The lowest BCUT2D eigenvalue weighted by atomic mass is 10.2. The van der Waals surface area contributed by atoms with Crippen LogP contribution >= 0.6 is 23.2 Å². The molecule has 0 aliphatic rings. The van der Waals surface area contributed by atoms with Crippen LogP contribution < -0.4 is 14.8 Å². The monoisotopic (exact) mass is 414 g/mol. The van der Waals surface area contributed by atoms with Gasteiger partial charge in [-0.1, -0.05) is 23.2 Å². The van der Waals surface area contributed by atoms with Gasteiger partial charge in [0.15, 0.2) is 0 Å². The van der Waals surface area contributed by atoms with Crippen LogP contribution in [0.2, 0.25) is 10.0 Å². The van der Waals surface area contributed by atoms with Crippen LogP contribution in [0.4, 0.5) is 0 Å². The predicted octanol–water partition coefficient (Wildman–Crippen LogP) is 2.35. The zero-order chi connectivity index (χ0) is 19.8. The molecule has 0 aliphatic heterocycles. The number of benzene rings is 2. The maximum absolute atomic E-state index is 10.0. The van der Waals surface area contributed by atoms with Crippen molar-refractivity contribution in [3.8, 4) is 11.5 Å². The van der Waals surface area contributed by atoms with Crippen LogP contribution in [0.3, 0.4) is 0 Å². The van der Waals surface area contributed by atoms with E-state index in [-0.39, 0.29) is 13.2 Å². The number of ether oxygens (including phenoxy) is 2. The number of halogens is 2. The molecule has 0 saturated carbocycles. The highest BCUT2D eigenvalue weighted by Gasteiger charge is 2.12. The fraction of sp³-hybridized carbons (Fsp3) is 0.400. The first kappa shape index (κ1) is 21.8. The second-order valence-electron chi connectivity index (χ2n) is 6.51. The molecule has 0 amide bonds. The van der Waals surface area contributed by atoms with E-state index in [0.29, 0.717) is 34.6 Å². The summed E-state index contributed by atoms with van der Waals surface area (Å²) in [7, 11) is 0. The summed E-state index contributed by atoms with van der Waals surface area (Å²) in [5, 5.41) is 23.2. The molecule has 0 radical (unpaired) electrons.